The number of hydrogen-bond donors (Lipinski definition) is 1. The number of aliphatic carboxylic acids is 1. The van der Waals surface area contributed by atoms with Crippen LogP contribution in [0.3, 0.4) is 0 Å². The van der Waals surface area contributed by atoms with E-state index in [1.54, 1.807) is 4.90 Å². The number of carbonyl (C=O) groups is 2. The molecule has 4 nitrogen and oxygen atoms in total. The number of amides is 1. The van der Waals surface area contributed by atoms with Crippen LogP contribution in [0.5, 0.6) is 0 Å². The summed E-state index contributed by atoms with van der Waals surface area (Å²) in [5.41, 5.74) is 0. The Hall–Kier alpha value is -0.710. The molecule has 0 aliphatic carbocycles. The van der Waals surface area contributed by atoms with E-state index in [1.807, 2.05) is 0 Å². The van der Waals surface area contributed by atoms with Gasteiger partial charge in [-0.2, -0.15) is 0 Å². The van der Waals surface area contributed by atoms with Gasteiger partial charge in [0.2, 0.25) is 5.91 Å². The standard InChI is InChI=1S/C12H21NO3S/c1-3-5-9(6-4-2)11(14)13-8-17-7-10(13)12(15)16/h9-10H,3-8H2,1-2H3,(H,15,16). The van der Waals surface area contributed by atoms with Gasteiger partial charge in [0.15, 0.2) is 0 Å². The summed E-state index contributed by atoms with van der Waals surface area (Å²) in [4.78, 5) is 24.9. The summed E-state index contributed by atoms with van der Waals surface area (Å²) in [6.07, 6.45) is 3.66. The van der Waals surface area contributed by atoms with Crippen molar-refractivity contribution in [1.82, 2.24) is 4.90 Å². The van der Waals surface area contributed by atoms with E-state index < -0.39 is 12.0 Å². The molecule has 5 heteroatoms. The Morgan fingerprint density at radius 1 is 1.35 bits per heavy atom. The number of hydrogen-bond acceptors (Lipinski definition) is 3. The zero-order valence-corrected chi connectivity index (χ0v) is 11.3. The second kappa shape index (κ2) is 6.89. The minimum absolute atomic E-state index is 0.00514. The number of carbonyl (C=O) groups excluding carboxylic acids is 1. The maximum Gasteiger partial charge on any atom is 0.327 e. The van der Waals surface area contributed by atoms with Crippen molar-refractivity contribution in [2.45, 2.75) is 45.6 Å². The molecular formula is C12H21NO3S. The second-order valence-corrected chi connectivity index (χ2v) is 5.44. The van der Waals surface area contributed by atoms with Gasteiger partial charge in [-0.3, -0.25) is 4.79 Å². The Kier molecular flexibility index (Phi) is 5.82. The van der Waals surface area contributed by atoms with E-state index >= 15 is 0 Å². The normalized spacial score (nSPS) is 19.9. The second-order valence-electron chi connectivity index (χ2n) is 4.44. The Morgan fingerprint density at radius 2 is 1.94 bits per heavy atom. The molecule has 1 amide bonds. The van der Waals surface area contributed by atoms with Crippen molar-refractivity contribution in [2.24, 2.45) is 5.92 Å². The van der Waals surface area contributed by atoms with Gasteiger partial charge < -0.3 is 10.0 Å². The van der Waals surface area contributed by atoms with Crippen molar-refractivity contribution in [3.8, 4) is 0 Å². The highest BCUT2D eigenvalue weighted by molar-refractivity contribution is 7.99. The number of rotatable bonds is 6. The van der Waals surface area contributed by atoms with E-state index in [9.17, 15) is 9.59 Å². The maximum absolute atomic E-state index is 12.3. The first kappa shape index (κ1) is 14.4. The fourth-order valence-electron chi connectivity index (χ4n) is 2.19. The van der Waals surface area contributed by atoms with Crippen LogP contribution in [0, 0.1) is 5.92 Å². The predicted octanol–water partition coefficient (Wildman–Crippen LogP) is 2.19. The molecular weight excluding hydrogens is 238 g/mol. The molecule has 98 valence electrons. The van der Waals surface area contributed by atoms with Crippen LogP contribution in [-0.2, 0) is 9.59 Å². The molecule has 1 N–H and O–H groups in total. The van der Waals surface area contributed by atoms with Crippen molar-refractivity contribution in [1.29, 1.82) is 0 Å². The molecule has 17 heavy (non-hydrogen) atoms. The molecule has 1 aliphatic heterocycles. The molecule has 0 aromatic heterocycles. The van der Waals surface area contributed by atoms with E-state index in [0.717, 1.165) is 25.7 Å². The fraction of sp³-hybridized carbons (Fsp3) is 0.833. The number of carboxylic acid groups (broad SMARTS) is 1. The van der Waals surface area contributed by atoms with Gasteiger partial charge in [0.25, 0.3) is 0 Å². The molecule has 1 rings (SSSR count). The maximum atomic E-state index is 12.3. The third-order valence-corrected chi connectivity index (χ3v) is 4.09. The summed E-state index contributed by atoms with van der Waals surface area (Å²) in [5, 5.41) is 9.07. The summed E-state index contributed by atoms with van der Waals surface area (Å²) in [7, 11) is 0. The van der Waals surface area contributed by atoms with Crippen LogP contribution in [0.15, 0.2) is 0 Å². The van der Waals surface area contributed by atoms with Gasteiger partial charge in [0, 0.05) is 11.7 Å². The Bertz CT molecular complexity index is 277. The van der Waals surface area contributed by atoms with Crippen molar-refractivity contribution >= 4 is 23.6 Å². The van der Waals surface area contributed by atoms with E-state index in [4.69, 9.17) is 5.11 Å². The first-order valence-corrected chi connectivity index (χ1v) is 7.38. The molecule has 0 radical (unpaired) electrons. The third kappa shape index (κ3) is 3.63. The van der Waals surface area contributed by atoms with E-state index in [1.165, 1.54) is 11.8 Å². The molecule has 1 atom stereocenters. The van der Waals surface area contributed by atoms with Crippen LogP contribution in [0.25, 0.3) is 0 Å². The summed E-state index contributed by atoms with van der Waals surface area (Å²) < 4.78 is 0. The zero-order chi connectivity index (χ0) is 12.8. The van der Waals surface area contributed by atoms with Crippen molar-refractivity contribution in [2.75, 3.05) is 11.6 Å². The smallest absolute Gasteiger partial charge is 0.327 e. The van der Waals surface area contributed by atoms with Crippen LogP contribution in [0.2, 0.25) is 0 Å². The van der Waals surface area contributed by atoms with Crippen LogP contribution < -0.4 is 0 Å². The van der Waals surface area contributed by atoms with Crippen LogP contribution >= 0.6 is 11.8 Å². The summed E-state index contributed by atoms with van der Waals surface area (Å²) >= 11 is 1.52. The lowest BCUT2D eigenvalue weighted by Gasteiger charge is -2.25. The van der Waals surface area contributed by atoms with E-state index in [0.29, 0.717) is 11.6 Å². The molecule has 0 aromatic carbocycles. The first-order chi connectivity index (χ1) is 8.11. The van der Waals surface area contributed by atoms with Crippen LogP contribution in [-0.4, -0.2) is 39.6 Å². The average molecular weight is 259 g/mol. The SMILES string of the molecule is CCCC(CCC)C(=O)N1CSCC1C(=O)O. The molecule has 0 saturated carbocycles. The Morgan fingerprint density at radius 3 is 2.41 bits per heavy atom. The number of carboxylic acids is 1. The highest BCUT2D eigenvalue weighted by atomic mass is 32.2. The molecule has 0 aromatic rings. The van der Waals surface area contributed by atoms with Crippen molar-refractivity contribution in [3.63, 3.8) is 0 Å². The summed E-state index contributed by atoms with van der Waals surface area (Å²) in [6.45, 7) is 4.12. The van der Waals surface area contributed by atoms with Gasteiger partial charge in [-0.15, -0.1) is 11.8 Å². The minimum atomic E-state index is -0.880. The van der Waals surface area contributed by atoms with E-state index in [-0.39, 0.29) is 11.8 Å². The lowest BCUT2D eigenvalue weighted by atomic mass is 9.96. The van der Waals surface area contributed by atoms with Gasteiger partial charge in [0.1, 0.15) is 6.04 Å². The van der Waals surface area contributed by atoms with Crippen molar-refractivity contribution in [3.05, 3.63) is 0 Å². The molecule has 0 bridgehead atoms. The monoisotopic (exact) mass is 259 g/mol. The minimum Gasteiger partial charge on any atom is -0.480 e. The third-order valence-electron chi connectivity index (χ3n) is 3.07. The van der Waals surface area contributed by atoms with Gasteiger partial charge in [-0.05, 0) is 12.8 Å². The summed E-state index contributed by atoms with van der Waals surface area (Å²) in [5.74, 6) is 0.206. The molecule has 1 unspecified atom stereocenters. The molecule has 1 aliphatic rings. The molecule has 1 heterocycles. The van der Waals surface area contributed by atoms with Crippen LogP contribution in [0.1, 0.15) is 39.5 Å². The molecule has 1 saturated heterocycles. The van der Waals surface area contributed by atoms with Gasteiger partial charge in [-0.1, -0.05) is 26.7 Å². The lowest BCUT2D eigenvalue weighted by molar-refractivity contribution is -0.149. The zero-order valence-electron chi connectivity index (χ0n) is 10.5. The number of nitrogens with zero attached hydrogens (tertiary/aromatic N) is 1. The molecule has 1 fully saturated rings. The fourth-order valence-corrected chi connectivity index (χ4v) is 3.34. The lowest BCUT2D eigenvalue weighted by Crippen LogP contribution is -2.44. The highest BCUT2D eigenvalue weighted by Crippen LogP contribution is 2.26. The quantitative estimate of drug-likeness (QED) is 0.794. The Labute approximate surface area is 107 Å². The predicted molar refractivity (Wildman–Crippen MR) is 68.9 cm³/mol. The highest BCUT2D eigenvalue weighted by Gasteiger charge is 2.36. The van der Waals surface area contributed by atoms with Gasteiger partial charge >= 0.3 is 5.97 Å². The van der Waals surface area contributed by atoms with E-state index in [2.05, 4.69) is 13.8 Å². The topological polar surface area (TPSA) is 57.6 Å². The van der Waals surface area contributed by atoms with Crippen LogP contribution in [0.4, 0.5) is 0 Å². The molecule has 0 spiro atoms. The van der Waals surface area contributed by atoms with Gasteiger partial charge in [0.05, 0.1) is 5.88 Å². The van der Waals surface area contributed by atoms with Crippen molar-refractivity contribution < 1.29 is 14.7 Å². The Balaban J connectivity index is 2.68. The largest absolute Gasteiger partial charge is 0.480 e. The summed E-state index contributed by atoms with van der Waals surface area (Å²) in [6, 6.07) is -0.622. The number of thioether (sulfide) groups is 1. The average Bonchev–Trinajstić information content (AvgIpc) is 2.76. The first-order valence-electron chi connectivity index (χ1n) is 6.22. The van der Waals surface area contributed by atoms with Gasteiger partial charge in [-0.25, -0.2) is 4.79 Å².